The Hall–Kier alpha value is -2.63. The molecule has 11 nitrogen and oxygen atoms in total. The lowest BCUT2D eigenvalue weighted by atomic mass is 9.90. The summed E-state index contributed by atoms with van der Waals surface area (Å²) in [6.07, 6.45) is -12.9. The number of esters is 1. The molecule has 0 aromatic heterocycles. The number of fused-ring (bicyclic) bond motifs is 1. The lowest BCUT2D eigenvalue weighted by Crippen LogP contribution is -2.58. The first kappa shape index (κ1) is 27.4. The normalized spacial score (nSPS) is 36.0. The Morgan fingerprint density at radius 3 is 2.19 bits per heavy atom. The standard InChI is InChI=1S/C26H30O11/c1-12(28)35-11-19-22(31)24(33)25(34)26(37-19)16-6-5-14-8-13(2-4-15(14)9-16)3-7-17-20(29)23(32)21(30)18(10-27)36-17/h2,4-6,8-9,17-27,29-34H,10-11H2,1H3/t17-,18-,19-,20-,21-,22-,23-,24+,25+,26-/m1/s1. The Kier molecular flexibility index (Phi) is 8.45. The Balaban J connectivity index is 1.53. The van der Waals surface area contributed by atoms with Crippen LogP contribution in [0.4, 0.5) is 0 Å². The Morgan fingerprint density at radius 1 is 0.838 bits per heavy atom. The zero-order valence-electron chi connectivity index (χ0n) is 19.9. The minimum atomic E-state index is -1.51. The highest BCUT2D eigenvalue weighted by atomic mass is 16.6. The van der Waals surface area contributed by atoms with Gasteiger partial charge in [0, 0.05) is 12.5 Å². The molecule has 4 rings (SSSR count). The van der Waals surface area contributed by atoms with Crippen LogP contribution in [0.15, 0.2) is 36.4 Å². The van der Waals surface area contributed by atoms with Crippen molar-refractivity contribution in [1.29, 1.82) is 0 Å². The van der Waals surface area contributed by atoms with E-state index in [2.05, 4.69) is 11.8 Å². The van der Waals surface area contributed by atoms with Gasteiger partial charge >= 0.3 is 5.97 Å². The van der Waals surface area contributed by atoms with Gasteiger partial charge in [0.15, 0.2) is 0 Å². The molecule has 2 heterocycles. The van der Waals surface area contributed by atoms with Crippen molar-refractivity contribution in [2.24, 2.45) is 0 Å². The van der Waals surface area contributed by atoms with Gasteiger partial charge in [-0.2, -0.15) is 0 Å². The Bertz CT molecular complexity index is 1170. The maximum atomic E-state index is 11.1. The van der Waals surface area contributed by atoms with Gasteiger partial charge in [0.1, 0.15) is 67.6 Å². The number of ether oxygens (including phenoxy) is 3. The summed E-state index contributed by atoms with van der Waals surface area (Å²) in [5, 5.41) is 71.9. The van der Waals surface area contributed by atoms with E-state index in [9.17, 15) is 40.5 Å². The maximum Gasteiger partial charge on any atom is 0.302 e. The molecular formula is C26H30O11. The smallest absolute Gasteiger partial charge is 0.302 e. The van der Waals surface area contributed by atoms with Crippen molar-refractivity contribution in [2.45, 2.75) is 68.0 Å². The zero-order chi connectivity index (χ0) is 26.9. The molecule has 2 fully saturated rings. The van der Waals surface area contributed by atoms with E-state index in [1.165, 1.54) is 6.92 Å². The van der Waals surface area contributed by atoms with Crippen molar-refractivity contribution in [1.82, 2.24) is 0 Å². The average molecular weight is 519 g/mol. The van der Waals surface area contributed by atoms with Gasteiger partial charge in [-0.15, -0.1) is 0 Å². The highest BCUT2D eigenvalue weighted by Crippen LogP contribution is 2.34. The van der Waals surface area contributed by atoms with Gasteiger partial charge in [-0.3, -0.25) is 4.79 Å². The highest BCUT2D eigenvalue weighted by molar-refractivity contribution is 5.84. The van der Waals surface area contributed by atoms with E-state index in [1.54, 1.807) is 36.4 Å². The van der Waals surface area contributed by atoms with E-state index < -0.39 is 73.6 Å². The van der Waals surface area contributed by atoms with Gasteiger partial charge in [-0.25, -0.2) is 0 Å². The number of rotatable bonds is 4. The molecule has 0 spiro atoms. The fourth-order valence-electron chi connectivity index (χ4n) is 4.46. The van der Waals surface area contributed by atoms with Gasteiger partial charge in [-0.1, -0.05) is 30.0 Å². The minimum Gasteiger partial charge on any atom is -0.463 e. The van der Waals surface area contributed by atoms with Crippen molar-refractivity contribution in [3.63, 3.8) is 0 Å². The van der Waals surface area contributed by atoms with Gasteiger partial charge < -0.3 is 50.0 Å². The molecule has 0 saturated carbocycles. The summed E-state index contributed by atoms with van der Waals surface area (Å²) in [7, 11) is 0. The van der Waals surface area contributed by atoms with Crippen molar-refractivity contribution in [3.05, 3.63) is 47.5 Å². The van der Waals surface area contributed by atoms with E-state index in [4.69, 9.17) is 14.2 Å². The summed E-state index contributed by atoms with van der Waals surface area (Å²) in [5.41, 5.74) is 1.12. The monoisotopic (exact) mass is 518 g/mol. The first-order valence-corrected chi connectivity index (χ1v) is 11.8. The molecule has 0 amide bonds. The molecule has 11 heteroatoms. The number of hydrogen-bond acceptors (Lipinski definition) is 11. The minimum absolute atomic E-state index is 0.277. The number of aliphatic hydroxyl groups excluding tert-OH is 7. The van der Waals surface area contributed by atoms with Crippen LogP contribution >= 0.6 is 0 Å². The largest absolute Gasteiger partial charge is 0.463 e. The molecule has 2 aromatic carbocycles. The van der Waals surface area contributed by atoms with Crippen LogP contribution in [0.3, 0.4) is 0 Å². The highest BCUT2D eigenvalue weighted by Gasteiger charge is 2.45. The van der Waals surface area contributed by atoms with Gasteiger partial charge in [0.05, 0.1) is 6.61 Å². The Morgan fingerprint density at radius 2 is 1.49 bits per heavy atom. The van der Waals surface area contributed by atoms with Crippen molar-refractivity contribution < 1.29 is 54.8 Å². The van der Waals surface area contributed by atoms with Crippen LogP contribution in [0.1, 0.15) is 24.2 Å². The summed E-state index contributed by atoms with van der Waals surface area (Å²) in [4.78, 5) is 11.1. The molecule has 0 aliphatic carbocycles. The van der Waals surface area contributed by atoms with Crippen LogP contribution < -0.4 is 0 Å². The molecule has 10 atom stereocenters. The summed E-state index contributed by atoms with van der Waals surface area (Å²) in [5.74, 6) is 5.03. The number of carbonyl (C=O) groups excluding carboxylic acids is 1. The van der Waals surface area contributed by atoms with Crippen LogP contribution in [-0.2, 0) is 19.0 Å². The lowest BCUT2D eigenvalue weighted by molar-refractivity contribution is -0.234. The predicted molar refractivity (Wildman–Crippen MR) is 127 cm³/mol. The van der Waals surface area contributed by atoms with Crippen LogP contribution in [0.25, 0.3) is 10.8 Å². The third kappa shape index (κ3) is 5.78. The molecule has 37 heavy (non-hydrogen) atoms. The third-order valence-corrected chi connectivity index (χ3v) is 6.61. The molecule has 2 aliphatic heterocycles. The first-order valence-electron chi connectivity index (χ1n) is 11.8. The molecule has 0 unspecified atom stereocenters. The lowest BCUT2D eigenvalue weighted by Gasteiger charge is -2.40. The number of carbonyl (C=O) groups is 1. The van der Waals surface area contributed by atoms with Crippen LogP contribution in [0.5, 0.6) is 0 Å². The SMILES string of the molecule is CC(=O)OC[C@H]1O[C@H](c2ccc3cc(C#C[C@H]4O[C@H](CO)[C@@H](O)[C@H](O)[C@@H]4O)ccc3c2)[C@@H](O)[C@@H](O)[C@@H]1O. The molecule has 2 aliphatic rings. The number of hydrogen-bond donors (Lipinski definition) is 7. The molecule has 0 bridgehead atoms. The molecule has 2 aromatic rings. The van der Waals surface area contributed by atoms with E-state index in [0.717, 1.165) is 10.8 Å². The van der Waals surface area contributed by atoms with Crippen molar-refractivity contribution in [2.75, 3.05) is 13.2 Å². The molecular weight excluding hydrogens is 488 g/mol. The molecule has 0 radical (unpaired) electrons. The predicted octanol–water partition coefficient (Wildman–Crippen LogP) is -1.88. The molecule has 200 valence electrons. The molecule has 7 N–H and O–H groups in total. The van der Waals surface area contributed by atoms with Gasteiger partial charge in [0.2, 0.25) is 0 Å². The second-order valence-electron chi connectivity index (χ2n) is 9.21. The topological polar surface area (TPSA) is 186 Å². The van der Waals surface area contributed by atoms with Gasteiger partial charge in [-0.05, 0) is 34.5 Å². The summed E-state index contributed by atoms with van der Waals surface area (Å²) >= 11 is 0. The van der Waals surface area contributed by atoms with Crippen molar-refractivity contribution >= 4 is 16.7 Å². The maximum absolute atomic E-state index is 11.1. The first-order chi connectivity index (χ1) is 17.6. The van der Waals surface area contributed by atoms with E-state index >= 15 is 0 Å². The number of benzene rings is 2. The van der Waals surface area contributed by atoms with Crippen molar-refractivity contribution in [3.8, 4) is 11.8 Å². The zero-order valence-corrected chi connectivity index (χ0v) is 19.9. The second kappa shape index (κ2) is 11.4. The summed E-state index contributed by atoms with van der Waals surface area (Å²) in [6.45, 7) is 0.395. The van der Waals surface area contributed by atoms with E-state index in [-0.39, 0.29) is 6.61 Å². The molecule has 2 saturated heterocycles. The van der Waals surface area contributed by atoms with Crippen LogP contribution in [0.2, 0.25) is 0 Å². The van der Waals surface area contributed by atoms with E-state index in [1.807, 2.05) is 0 Å². The Labute approximate surface area is 212 Å². The number of aliphatic hydroxyl groups is 7. The summed E-state index contributed by atoms with van der Waals surface area (Å²) < 4.78 is 16.1. The third-order valence-electron chi connectivity index (χ3n) is 6.61. The summed E-state index contributed by atoms with van der Waals surface area (Å²) in [6, 6.07) is 10.5. The van der Waals surface area contributed by atoms with Crippen LogP contribution in [-0.4, -0.2) is 110 Å². The fourth-order valence-corrected chi connectivity index (χ4v) is 4.46. The average Bonchev–Trinajstić information content (AvgIpc) is 2.89. The van der Waals surface area contributed by atoms with Gasteiger partial charge in [0.25, 0.3) is 0 Å². The van der Waals surface area contributed by atoms with E-state index in [0.29, 0.717) is 11.1 Å². The fraction of sp³-hybridized carbons (Fsp3) is 0.500. The second-order valence-corrected chi connectivity index (χ2v) is 9.21. The van der Waals surface area contributed by atoms with Crippen LogP contribution in [0, 0.1) is 11.8 Å². The quantitative estimate of drug-likeness (QED) is 0.177.